The molecule has 3 rings (SSSR count). The van der Waals surface area contributed by atoms with Crippen molar-refractivity contribution < 1.29 is 12.8 Å². The van der Waals surface area contributed by atoms with Gasteiger partial charge in [0.1, 0.15) is 0 Å². The van der Waals surface area contributed by atoms with E-state index in [0.29, 0.717) is 21.2 Å². The van der Waals surface area contributed by atoms with Crippen molar-refractivity contribution in [3.8, 4) is 22.9 Å². The second-order valence-electron chi connectivity index (χ2n) is 4.58. The van der Waals surface area contributed by atoms with Crippen molar-refractivity contribution in [3.63, 3.8) is 0 Å². The zero-order valence-corrected chi connectivity index (χ0v) is 13.7. The van der Waals surface area contributed by atoms with Gasteiger partial charge >= 0.3 is 0 Å². The number of primary sulfonamides is 1. The summed E-state index contributed by atoms with van der Waals surface area (Å²) >= 11 is 12.1. The molecule has 0 aliphatic carbocycles. The van der Waals surface area contributed by atoms with Crippen molar-refractivity contribution in [2.45, 2.75) is 4.90 Å². The number of sulfonamides is 1. The molecule has 1 aromatic heterocycles. The normalized spacial score (nSPS) is 11.6. The molecule has 0 saturated carbocycles. The minimum absolute atomic E-state index is 0.00104. The predicted octanol–water partition coefficient (Wildman–Crippen LogP) is 3.36. The summed E-state index contributed by atoms with van der Waals surface area (Å²) in [6.45, 7) is 0. The number of aromatic nitrogens is 2. The molecule has 2 N–H and O–H groups in total. The van der Waals surface area contributed by atoms with Crippen molar-refractivity contribution in [2.75, 3.05) is 0 Å². The van der Waals surface area contributed by atoms with Gasteiger partial charge in [0.05, 0.1) is 20.5 Å². The number of benzene rings is 2. The summed E-state index contributed by atoms with van der Waals surface area (Å²) in [5, 5.41) is 13.6. The molecule has 118 valence electrons. The van der Waals surface area contributed by atoms with Crippen molar-refractivity contribution in [1.82, 2.24) is 10.2 Å². The largest absolute Gasteiger partial charge is 0.416 e. The van der Waals surface area contributed by atoms with Gasteiger partial charge in [-0.1, -0.05) is 29.3 Å². The lowest BCUT2D eigenvalue weighted by molar-refractivity contribution is 0.584. The average Bonchev–Trinajstić information content (AvgIpc) is 2.99. The highest BCUT2D eigenvalue weighted by atomic mass is 35.5. The fourth-order valence-corrected chi connectivity index (χ4v) is 2.80. The Labute approximate surface area is 141 Å². The Bertz CT molecular complexity index is 969. The van der Waals surface area contributed by atoms with Crippen molar-refractivity contribution in [2.24, 2.45) is 5.14 Å². The molecule has 0 saturated heterocycles. The Kier molecular flexibility index (Phi) is 4.11. The molecule has 0 bridgehead atoms. The average molecular weight is 370 g/mol. The molecule has 1 heterocycles. The van der Waals surface area contributed by atoms with Crippen LogP contribution < -0.4 is 5.14 Å². The summed E-state index contributed by atoms with van der Waals surface area (Å²) < 4.78 is 28.0. The van der Waals surface area contributed by atoms with E-state index in [0.717, 1.165) is 0 Å². The van der Waals surface area contributed by atoms with E-state index in [2.05, 4.69) is 10.2 Å². The van der Waals surface area contributed by atoms with Crippen LogP contribution in [0.3, 0.4) is 0 Å². The molecule has 9 heteroatoms. The predicted molar refractivity (Wildman–Crippen MR) is 86.6 cm³/mol. The number of hydrogen-bond donors (Lipinski definition) is 1. The number of hydrogen-bond acceptors (Lipinski definition) is 5. The quantitative estimate of drug-likeness (QED) is 0.762. The van der Waals surface area contributed by atoms with Crippen LogP contribution >= 0.6 is 23.2 Å². The lowest BCUT2D eigenvalue weighted by Gasteiger charge is -2.00. The number of nitrogens with two attached hydrogens (primary N) is 1. The van der Waals surface area contributed by atoms with E-state index in [-0.39, 0.29) is 16.7 Å². The minimum atomic E-state index is -3.75. The summed E-state index contributed by atoms with van der Waals surface area (Å²) in [6.07, 6.45) is 0. The zero-order valence-electron chi connectivity index (χ0n) is 11.4. The Morgan fingerprint density at radius 3 is 2.26 bits per heavy atom. The molecular weight excluding hydrogens is 361 g/mol. The molecular formula is C14H9Cl2N3O3S. The molecule has 0 aliphatic heterocycles. The molecule has 0 radical (unpaired) electrons. The first-order chi connectivity index (χ1) is 10.9. The molecule has 0 amide bonds. The first-order valence-electron chi connectivity index (χ1n) is 6.27. The van der Waals surface area contributed by atoms with Crippen LogP contribution in [0.2, 0.25) is 10.0 Å². The second-order valence-corrected chi connectivity index (χ2v) is 6.93. The van der Waals surface area contributed by atoms with E-state index in [1.165, 1.54) is 24.3 Å². The van der Waals surface area contributed by atoms with E-state index in [1.807, 2.05) is 0 Å². The Morgan fingerprint density at radius 2 is 1.61 bits per heavy atom. The second kappa shape index (κ2) is 5.93. The summed E-state index contributed by atoms with van der Waals surface area (Å²) in [6, 6.07) is 10.8. The SMILES string of the molecule is NS(=O)(=O)c1ccc(-c2nnc(-c3cccc(Cl)c3Cl)o2)cc1. The molecule has 23 heavy (non-hydrogen) atoms. The first kappa shape index (κ1) is 15.9. The van der Waals surface area contributed by atoms with Gasteiger partial charge in [0.25, 0.3) is 0 Å². The highest BCUT2D eigenvalue weighted by Gasteiger charge is 2.15. The zero-order chi connectivity index (χ0) is 16.6. The van der Waals surface area contributed by atoms with Crippen LogP contribution in [0, 0.1) is 0 Å². The number of halogens is 2. The molecule has 3 aromatic rings. The Hall–Kier alpha value is -1.93. The van der Waals surface area contributed by atoms with Crippen molar-refractivity contribution >= 4 is 33.2 Å². The molecule has 0 spiro atoms. The Morgan fingerprint density at radius 1 is 0.957 bits per heavy atom. The molecule has 0 aliphatic rings. The maximum absolute atomic E-state index is 11.2. The lowest BCUT2D eigenvalue weighted by Crippen LogP contribution is -2.11. The van der Waals surface area contributed by atoms with Gasteiger partial charge in [-0.05, 0) is 36.4 Å². The van der Waals surface area contributed by atoms with Crippen molar-refractivity contribution in [3.05, 3.63) is 52.5 Å². The molecule has 6 nitrogen and oxygen atoms in total. The van der Waals surface area contributed by atoms with Gasteiger partial charge in [-0.2, -0.15) is 0 Å². The van der Waals surface area contributed by atoms with E-state index in [1.54, 1.807) is 18.2 Å². The van der Waals surface area contributed by atoms with Gasteiger partial charge in [-0.25, -0.2) is 13.6 Å². The van der Waals surface area contributed by atoms with Crippen LogP contribution in [0.1, 0.15) is 0 Å². The van der Waals surface area contributed by atoms with E-state index < -0.39 is 10.0 Å². The van der Waals surface area contributed by atoms with Gasteiger partial charge in [-0.15, -0.1) is 10.2 Å². The highest BCUT2D eigenvalue weighted by molar-refractivity contribution is 7.89. The number of nitrogens with zero attached hydrogens (tertiary/aromatic N) is 2. The topological polar surface area (TPSA) is 99.1 Å². The fraction of sp³-hybridized carbons (Fsp3) is 0. The van der Waals surface area contributed by atoms with Crippen LogP contribution in [0.25, 0.3) is 22.9 Å². The third-order valence-electron chi connectivity index (χ3n) is 3.04. The van der Waals surface area contributed by atoms with E-state index in [9.17, 15) is 8.42 Å². The molecule has 0 atom stereocenters. The van der Waals surface area contributed by atoms with Crippen LogP contribution in [-0.4, -0.2) is 18.6 Å². The minimum Gasteiger partial charge on any atom is -0.416 e. The standard InChI is InChI=1S/C14H9Cl2N3O3S/c15-11-3-1-2-10(12(11)16)14-19-18-13(22-14)8-4-6-9(7-5-8)23(17,20)21/h1-7H,(H2,17,20,21). The fourth-order valence-electron chi connectivity index (χ4n) is 1.90. The van der Waals surface area contributed by atoms with Gasteiger partial charge in [0, 0.05) is 5.56 Å². The van der Waals surface area contributed by atoms with E-state index in [4.69, 9.17) is 32.8 Å². The smallest absolute Gasteiger partial charge is 0.249 e. The summed E-state index contributed by atoms with van der Waals surface area (Å²) in [5.41, 5.74) is 1.06. The molecule has 2 aromatic carbocycles. The number of rotatable bonds is 3. The summed E-state index contributed by atoms with van der Waals surface area (Å²) in [5.74, 6) is 0.431. The van der Waals surface area contributed by atoms with Gasteiger partial charge in [0.2, 0.25) is 21.8 Å². The Balaban J connectivity index is 1.98. The van der Waals surface area contributed by atoms with Crippen LogP contribution in [0.15, 0.2) is 51.8 Å². The first-order valence-corrected chi connectivity index (χ1v) is 8.57. The maximum atomic E-state index is 11.2. The molecule has 0 unspecified atom stereocenters. The third kappa shape index (κ3) is 3.23. The van der Waals surface area contributed by atoms with Crippen LogP contribution in [0.5, 0.6) is 0 Å². The highest BCUT2D eigenvalue weighted by Crippen LogP contribution is 2.33. The van der Waals surface area contributed by atoms with Gasteiger partial charge in [-0.3, -0.25) is 0 Å². The van der Waals surface area contributed by atoms with Gasteiger partial charge < -0.3 is 4.42 Å². The third-order valence-corrected chi connectivity index (χ3v) is 4.78. The summed E-state index contributed by atoms with van der Waals surface area (Å²) in [4.78, 5) is -0.00104. The van der Waals surface area contributed by atoms with E-state index >= 15 is 0 Å². The monoisotopic (exact) mass is 369 g/mol. The molecule has 0 fully saturated rings. The van der Waals surface area contributed by atoms with Crippen LogP contribution in [-0.2, 0) is 10.0 Å². The van der Waals surface area contributed by atoms with Crippen LogP contribution in [0.4, 0.5) is 0 Å². The maximum Gasteiger partial charge on any atom is 0.249 e. The van der Waals surface area contributed by atoms with Gasteiger partial charge in [0.15, 0.2) is 0 Å². The van der Waals surface area contributed by atoms with Crippen molar-refractivity contribution in [1.29, 1.82) is 0 Å². The summed E-state index contributed by atoms with van der Waals surface area (Å²) in [7, 11) is -3.75. The lowest BCUT2D eigenvalue weighted by atomic mass is 10.2.